The zero-order valence-electron chi connectivity index (χ0n) is 19.5. The van der Waals surface area contributed by atoms with Crippen molar-refractivity contribution < 1.29 is 14.0 Å². The number of nitrogens with one attached hydrogen (secondary N) is 2. The van der Waals surface area contributed by atoms with Gasteiger partial charge in [0, 0.05) is 26.2 Å². The SMILES string of the molecule is CNC(=O)N(C)CC(C)(C)CCCC(C)(P)C(C)(C)CC(C)(C)NC(=O)CF. The Balaban J connectivity index is 4.84. The summed E-state index contributed by atoms with van der Waals surface area (Å²) in [5, 5.41) is 5.41. The minimum Gasteiger partial charge on any atom is -0.349 e. The Kier molecular flexibility index (Phi) is 9.90. The van der Waals surface area contributed by atoms with Crippen molar-refractivity contribution in [2.24, 2.45) is 10.8 Å². The van der Waals surface area contributed by atoms with Crippen molar-refractivity contribution >= 4 is 21.2 Å². The van der Waals surface area contributed by atoms with Gasteiger partial charge in [-0.2, -0.15) is 0 Å². The summed E-state index contributed by atoms with van der Waals surface area (Å²) in [5.74, 6) is -0.562. The molecule has 0 rings (SSSR count). The first-order valence-electron chi connectivity index (χ1n) is 10.1. The quantitative estimate of drug-likeness (QED) is 0.489. The predicted octanol–water partition coefficient (Wildman–Crippen LogP) is 4.37. The number of urea groups is 1. The van der Waals surface area contributed by atoms with E-state index in [1.165, 1.54) is 0 Å². The molecule has 0 aliphatic rings. The Morgan fingerprint density at radius 2 is 1.57 bits per heavy atom. The van der Waals surface area contributed by atoms with Gasteiger partial charge >= 0.3 is 6.03 Å². The van der Waals surface area contributed by atoms with Crippen molar-refractivity contribution in [1.82, 2.24) is 15.5 Å². The molecule has 166 valence electrons. The molecule has 5 nitrogen and oxygen atoms in total. The monoisotopic (exact) mass is 419 g/mol. The molecule has 0 saturated heterocycles. The minimum absolute atomic E-state index is 0.0283. The molecule has 0 aromatic carbocycles. The minimum atomic E-state index is -0.985. The van der Waals surface area contributed by atoms with Crippen LogP contribution in [0.3, 0.4) is 0 Å². The lowest BCUT2D eigenvalue weighted by Crippen LogP contribution is -2.50. The van der Waals surface area contributed by atoms with Crippen LogP contribution in [0.15, 0.2) is 0 Å². The maximum absolute atomic E-state index is 12.6. The smallest absolute Gasteiger partial charge is 0.316 e. The van der Waals surface area contributed by atoms with Gasteiger partial charge in [0.25, 0.3) is 5.91 Å². The number of rotatable bonds is 11. The first kappa shape index (κ1) is 27.1. The van der Waals surface area contributed by atoms with Crippen molar-refractivity contribution in [2.45, 2.75) is 84.8 Å². The van der Waals surface area contributed by atoms with E-state index in [0.29, 0.717) is 6.54 Å². The van der Waals surface area contributed by atoms with Gasteiger partial charge in [0.1, 0.15) is 0 Å². The highest BCUT2D eigenvalue weighted by atomic mass is 31.0. The zero-order valence-corrected chi connectivity index (χ0v) is 20.6. The number of hydrogen-bond donors (Lipinski definition) is 2. The van der Waals surface area contributed by atoms with Crippen LogP contribution in [0.4, 0.5) is 9.18 Å². The summed E-state index contributed by atoms with van der Waals surface area (Å²) < 4.78 is 12.6. The van der Waals surface area contributed by atoms with Crippen LogP contribution in [0.5, 0.6) is 0 Å². The van der Waals surface area contributed by atoms with Crippen LogP contribution in [-0.2, 0) is 4.79 Å². The molecule has 0 fully saturated rings. The summed E-state index contributed by atoms with van der Waals surface area (Å²) >= 11 is 0. The van der Waals surface area contributed by atoms with E-state index in [9.17, 15) is 14.0 Å². The van der Waals surface area contributed by atoms with E-state index in [4.69, 9.17) is 0 Å². The fourth-order valence-electron chi connectivity index (χ4n) is 4.02. The van der Waals surface area contributed by atoms with E-state index < -0.39 is 18.1 Å². The Bertz CT molecular complexity index is 534. The summed E-state index contributed by atoms with van der Waals surface area (Å²) in [5.41, 5.74) is -0.520. The van der Waals surface area contributed by atoms with Crippen molar-refractivity contribution in [3.8, 4) is 0 Å². The molecule has 0 saturated carbocycles. The standard InChI is InChI=1S/C21H43FN3O2P/c1-18(2,15-25(9)17(27)23-8)11-10-12-21(7,28)19(3,4)14-20(5,6)24-16(26)13-22/h10-15,28H2,1-9H3,(H,23,27)(H,24,26). The normalized spacial score (nSPS) is 15.0. The maximum atomic E-state index is 12.6. The lowest BCUT2D eigenvalue weighted by atomic mass is 9.69. The molecule has 3 amide bonds. The largest absolute Gasteiger partial charge is 0.349 e. The van der Waals surface area contributed by atoms with Crippen molar-refractivity contribution in [3.05, 3.63) is 0 Å². The Hall–Kier alpha value is -0.900. The second-order valence-corrected chi connectivity index (χ2v) is 11.7. The Morgan fingerprint density at radius 1 is 1.04 bits per heavy atom. The van der Waals surface area contributed by atoms with Gasteiger partial charge in [0.05, 0.1) is 0 Å². The van der Waals surface area contributed by atoms with E-state index in [0.717, 1.165) is 25.7 Å². The molecule has 0 radical (unpaired) electrons. The van der Waals surface area contributed by atoms with Gasteiger partial charge in [-0.15, -0.1) is 9.24 Å². The van der Waals surface area contributed by atoms with Gasteiger partial charge in [-0.05, 0) is 49.1 Å². The predicted molar refractivity (Wildman–Crippen MR) is 119 cm³/mol. The number of carbonyl (C=O) groups excluding carboxylic acids is 2. The van der Waals surface area contributed by atoms with Crippen molar-refractivity contribution in [3.63, 3.8) is 0 Å². The van der Waals surface area contributed by atoms with E-state index >= 15 is 0 Å². The lowest BCUT2D eigenvalue weighted by Gasteiger charge is -2.46. The summed E-state index contributed by atoms with van der Waals surface area (Å²) in [6.07, 6.45) is 3.80. The third kappa shape index (κ3) is 9.07. The number of amides is 3. The molecule has 0 aromatic heterocycles. The average molecular weight is 420 g/mol. The molecule has 0 bridgehead atoms. The number of alkyl halides is 1. The molecule has 0 aliphatic carbocycles. The molecule has 7 heteroatoms. The van der Waals surface area contributed by atoms with Crippen LogP contribution in [0.25, 0.3) is 0 Å². The van der Waals surface area contributed by atoms with Crippen LogP contribution in [0, 0.1) is 10.8 Å². The Morgan fingerprint density at radius 3 is 2.04 bits per heavy atom. The van der Waals surface area contributed by atoms with E-state index in [2.05, 4.69) is 54.5 Å². The van der Waals surface area contributed by atoms with Crippen LogP contribution < -0.4 is 10.6 Å². The third-order valence-corrected chi connectivity index (χ3v) is 6.87. The highest BCUT2D eigenvalue weighted by Crippen LogP contribution is 2.47. The maximum Gasteiger partial charge on any atom is 0.316 e. The van der Waals surface area contributed by atoms with Crippen molar-refractivity contribution in [2.75, 3.05) is 27.3 Å². The van der Waals surface area contributed by atoms with Crippen molar-refractivity contribution in [1.29, 1.82) is 0 Å². The fourth-order valence-corrected chi connectivity index (χ4v) is 4.32. The lowest BCUT2D eigenvalue weighted by molar-refractivity contribution is -0.123. The first-order valence-corrected chi connectivity index (χ1v) is 10.6. The second kappa shape index (κ2) is 10.2. The number of halogens is 1. The molecule has 2 N–H and O–H groups in total. The zero-order chi connectivity index (χ0) is 22.4. The topological polar surface area (TPSA) is 61.4 Å². The van der Waals surface area contributed by atoms with E-state index in [1.807, 2.05) is 20.9 Å². The molecule has 0 heterocycles. The second-order valence-electron chi connectivity index (χ2n) is 10.5. The summed E-state index contributed by atoms with van der Waals surface area (Å²) in [7, 11) is 6.47. The van der Waals surface area contributed by atoms with Gasteiger partial charge in [0.15, 0.2) is 6.67 Å². The summed E-state index contributed by atoms with van der Waals surface area (Å²) in [4.78, 5) is 24.9. The van der Waals surface area contributed by atoms with Crippen LogP contribution in [-0.4, -0.2) is 54.8 Å². The Labute approximate surface area is 174 Å². The average Bonchev–Trinajstić information content (AvgIpc) is 2.51. The van der Waals surface area contributed by atoms with Gasteiger partial charge in [-0.25, -0.2) is 9.18 Å². The number of carbonyl (C=O) groups is 2. The molecule has 0 aliphatic heterocycles. The molecule has 0 spiro atoms. The highest BCUT2D eigenvalue weighted by molar-refractivity contribution is 7.19. The molecular formula is C21H43FN3O2P. The van der Waals surface area contributed by atoms with Crippen LogP contribution >= 0.6 is 9.24 Å². The van der Waals surface area contributed by atoms with E-state index in [1.54, 1.807) is 11.9 Å². The molecular weight excluding hydrogens is 376 g/mol. The van der Waals surface area contributed by atoms with Gasteiger partial charge in [0.2, 0.25) is 0 Å². The first-order chi connectivity index (χ1) is 12.5. The third-order valence-electron chi connectivity index (χ3n) is 5.80. The van der Waals surface area contributed by atoms with Gasteiger partial charge in [-0.3, -0.25) is 4.79 Å². The summed E-state index contributed by atoms with van der Waals surface area (Å²) in [6.45, 7) is 14.6. The van der Waals surface area contributed by atoms with Gasteiger partial charge < -0.3 is 15.5 Å². The fraction of sp³-hybridized carbons (Fsp3) is 0.905. The van der Waals surface area contributed by atoms with Crippen LogP contribution in [0.2, 0.25) is 0 Å². The van der Waals surface area contributed by atoms with Crippen LogP contribution in [0.1, 0.15) is 74.1 Å². The molecule has 0 aromatic rings. The molecule has 2 unspecified atom stereocenters. The number of hydrogen-bond acceptors (Lipinski definition) is 2. The van der Waals surface area contributed by atoms with E-state index in [-0.39, 0.29) is 22.0 Å². The van der Waals surface area contributed by atoms with Gasteiger partial charge in [-0.1, -0.05) is 41.0 Å². The molecule has 2 atom stereocenters. The highest BCUT2D eigenvalue weighted by Gasteiger charge is 2.41. The number of nitrogens with zero attached hydrogens (tertiary/aromatic N) is 1. The molecule has 28 heavy (non-hydrogen) atoms. The summed E-state index contributed by atoms with van der Waals surface area (Å²) in [6, 6.07) is -0.0670.